The number of rotatable bonds is 8. The number of pyridine rings is 2. The van der Waals surface area contributed by atoms with Gasteiger partial charge in [-0.05, 0) is 81.8 Å². The number of fused-ring (bicyclic) bond motifs is 3. The molecule has 0 aromatic carbocycles. The van der Waals surface area contributed by atoms with Gasteiger partial charge < -0.3 is 15.1 Å². The number of piperazine rings is 1. The van der Waals surface area contributed by atoms with Crippen molar-refractivity contribution in [1.82, 2.24) is 34.7 Å². The zero-order valence-electron chi connectivity index (χ0n) is 26.8. The molecule has 2 atom stereocenters. The zero-order valence-corrected chi connectivity index (χ0v) is 27.6. The molecule has 5 aromatic heterocycles. The molecular formula is C35H39N11S. The number of hydrogen-bond acceptors (Lipinski definition) is 11. The van der Waals surface area contributed by atoms with Crippen molar-refractivity contribution < 1.29 is 0 Å². The van der Waals surface area contributed by atoms with E-state index in [0.717, 1.165) is 76.2 Å². The lowest BCUT2D eigenvalue weighted by Crippen LogP contribution is -2.55. The van der Waals surface area contributed by atoms with Crippen molar-refractivity contribution >= 4 is 33.5 Å². The lowest BCUT2D eigenvalue weighted by Gasteiger charge is -2.43. The summed E-state index contributed by atoms with van der Waals surface area (Å²) in [6.45, 7) is 9.67. The van der Waals surface area contributed by atoms with Gasteiger partial charge in [0, 0.05) is 68.9 Å². The number of aromatic nitrogens is 6. The molecule has 3 fully saturated rings. The van der Waals surface area contributed by atoms with Crippen molar-refractivity contribution in [3.05, 3.63) is 66.6 Å². The van der Waals surface area contributed by atoms with Crippen LogP contribution < -0.4 is 15.1 Å². The molecule has 0 aliphatic carbocycles. The van der Waals surface area contributed by atoms with Gasteiger partial charge in [0.15, 0.2) is 5.01 Å². The van der Waals surface area contributed by atoms with E-state index < -0.39 is 0 Å². The minimum Gasteiger partial charge on any atom is -0.382 e. The van der Waals surface area contributed by atoms with E-state index in [4.69, 9.17) is 10.1 Å². The van der Waals surface area contributed by atoms with E-state index in [1.54, 1.807) is 17.5 Å². The third kappa shape index (κ3) is 5.90. The Balaban J connectivity index is 0.960. The Kier molecular flexibility index (Phi) is 7.95. The number of piperidine rings is 1. The highest BCUT2D eigenvalue weighted by Crippen LogP contribution is 2.39. The second kappa shape index (κ2) is 12.5. The Morgan fingerprint density at radius 2 is 1.79 bits per heavy atom. The summed E-state index contributed by atoms with van der Waals surface area (Å²) in [5.74, 6) is 1.86. The van der Waals surface area contributed by atoms with Crippen LogP contribution >= 0.6 is 11.3 Å². The van der Waals surface area contributed by atoms with Gasteiger partial charge in [-0.25, -0.2) is 9.50 Å². The fraction of sp³-hybridized carbons (Fsp3) is 0.429. The second-order valence-electron chi connectivity index (χ2n) is 13.3. The molecular weight excluding hydrogens is 607 g/mol. The van der Waals surface area contributed by atoms with E-state index in [9.17, 15) is 5.26 Å². The van der Waals surface area contributed by atoms with Gasteiger partial charge in [0.2, 0.25) is 5.13 Å². The minimum absolute atomic E-state index is 0.225. The van der Waals surface area contributed by atoms with Crippen molar-refractivity contribution in [3.63, 3.8) is 0 Å². The van der Waals surface area contributed by atoms with E-state index >= 15 is 0 Å². The molecule has 5 aromatic rings. The molecule has 47 heavy (non-hydrogen) atoms. The molecule has 2 bridgehead atoms. The lowest BCUT2D eigenvalue weighted by atomic mass is 9.95. The maximum absolute atomic E-state index is 9.27. The number of nitrogens with one attached hydrogen (secondary N) is 1. The predicted octanol–water partition coefficient (Wildman–Crippen LogP) is 5.57. The van der Waals surface area contributed by atoms with Gasteiger partial charge in [-0.15, -0.1) is 10.2 Å². The highest BCUT2D eigenvalue weighted by atomic mass is 32.1. The Morgan fingerprint density at radius 1 is 0.957 bits per heavy atom. The van der Waals surface area contributed by atoms with Gasteiger partial charge in [-0.1, -0.05) is 17.4 Å². The average Bonchev–Trinajstić information content (AvgIpc) is 3.81. The Bertz CT molecular complexity index is 1890. The van der Waals surface area contributed by atoms with Gasteiger partial charge >= 0.3 is 0 Å². The molecule has 2 unspecified atom stereocenters. The monoisotopic (exact) mass is 645 g/mol. The molecule has 11 nitrogen and oxygen atoms in total. The highest BCUT2D eigenvalue weighted by Gasteiger charge is 2.42. The van der Waals surface area contributed by atoms with Crippen molar-refractivity contribution in [1.29, 1.82) is 5.26 Å². The third-order valence-corrected chi connectivity index (χ3v) is 10.9. The van der Waals surface area contributed by atoms with Crippen LogP contribution in [0.1, 0.15) is 45.1 Å². The fourth-order valence-corrected chi connectivity index (χ4v) is 8.42. The Hall–Kier alpha value is -4.60. The van der Waals surface area contributed by atoms with Crippen LogP contribution in [0.25, 0.3) is 27.5 Å². The second-order valence-corrected chi connectivity index (χ2v) is 14.3. The van der Waals surface area contributed by atoms with Crippen LogP contribution in [-0.2, 0) is 0 Å². The maximum Gasteiger partial charge on any atom is 0.208 e. The molecule has 12 heteroatoms. The summed E-state index contributed by atoms with van der Waals surface area (Å²) in [5.41, 5.74) is 4.98. The maximum atomic E-state index is 9.27. The van der Waals surface area contributed by atoms with Gasteiger partial charge in [0.1, 0.15) is 11.9 Å². The first-order valence-corrected chi connectivity index (χ1v) is 17.5. The van der Waals surface area contributed by atoms with Crippen LogP contribution in [0, 0.1) is 17.2 Å². The van der Waals surface area contributed by atoms with E-state index in [2.05, 4.69) is 73.3 Å². The largest absolute Gasteiger partial charge is 0.382 e. The van der Waals surface area contributed by atoms with E-state index in [-0.39, 0.29) is 6.04 Å². The first kappa shape index (κ1) is 29.8. The molecule has 0 spiro atoms. The van der Waals surface area contributed by atoms with Gasteiger partial charge in [-0.3, -0.25) is 9.88 Å². The van der Waals surface area contributed by atoms with Crippen LogP contribution in [0.15, 0.2) is 61.1 Å². The molecule has 240 valence electrons. The van der Waals surface area contributed by atoms with Crippen LogP contribution in [0.5, 0.6) is 0 Å². The SMILES string of the molecule is CC(C)Nc1cc(-c2ccc3cc(C#N)cnn23)ncc1-c1nnc(N2CC3CCC(C2)N3CC2CCN(c3ccccn3)CC2)s1. The number of anilines is 3. The fourth-order valence-electron chi connectivity index (χ4n) is 7.53. The topological polar surface area (TPSA) is 114 Å². The summed E-state index contributed by atoms with van der Waals surface area (Å²) >= 11 is 1.66. The van der Waals surface area contributed by atoms with Gasteiger partial charge in [-0.2, -0.15) is 10.4 Å². The number of nitriles is 1. The lowest BCUT2D eigenvalue weighted by molar-refractivity contribution is 0.133. The minimum atomic E-state index is 0.225. The first-order chi connectivity index (χ1) is 23.0. The Morgan fingerprint density at radius 3 is 2.53 bits per heavy atom. The summed E-state index contributed by atoms with van der Waals surface area (Å²) in [6.07, 6.45) is 10.4. The number of nitrogens with zero attached hydrogens (tertiary/aromatic N) is 10. The summed E-state index contributed by atoms with van der Waals surface area (Å²) in [5, 5.41) is 28.6. The summed E-state index contributed by atoms with van der Waals surface area (Å²) in [7, 11) is 0. The molecule has 8 heterocycles. The molecule has 3 aliphatic heterocycles. The first-order valence-electron chi connectivity index (χ1n) is 16.7. The molecule has 3 aliphatic rings. The van der Waals surface area contributed by atoms with Crippen molar-refractivity contribution in [2.24, 2.45) is 5.92 Å². The van der Waals surface area contributed by atoms with Crippen molar-refractivity contribution in [2.75, 3.05) is 47.8 Å². The quantitative estimate of drug-likeness (QED) is 0.230. The van der Waals surface area contributed by atoms with Crippen LogP contribution in [0.4, 0.5) is 16.6 Å². The van der Waals surface area contributed by atoms with Crippen molar-refractivity contribution in [2.45, 2.75) is 57.7 Å². The predicted molar refractivity (Wildman–Crippen MR) is 186 cm³/mol. The molecule has 0 amide bonds. The highest BCUT2D eigenvalue weighted by molar-refractivity contribution is 7.18. The van der Waals surface area contributed by atoms with E-state index in [1.165, 1.54) is 32.2 Å². The zero-order chi connectivity index (χ0) is 31.9. The van der Waals surface area contributed by atoms with Crippen molar-refractivity contribution in [3.8, 4) is 28.0 Å². The Labute approximate surface area is 278 Å². The normalized spacial score (nSPS) is 20.3. The molecule has 0 radical (unpaired) electrons. The van der Waals surface area contributed by atoms with Crippen LogP contribution in [-0.4, -0.2) is 85.5 Å². The molecule has 3 saturated heterocycles. The molecule has 0 saturated carbocycles. The summed E-state index contributed by atoms with van der Waals surface area (Å²) < 4.78 is 1.82. The number of hydrogen-bond donors (Lipinski definition) is 1. The third-order valence-electron chi connectivity index (χ3n) is 9.85. The summed E-state index contributed by atoms with van der Waals surface area (Å²) in [4.78, 5) is 17.1. The van der Waals surface area contributed by atoms with Crippen LogP contribution in [0.2, 0.25) is 0 Å². The summed E-state index contributed by atoms with van der Waals surface area (Å²) in [6, 6.07) is 17.6. The van der Waals surface area contributed by atoms with Crippen LogP contribution in [0.3, 0.4) is 0 Å². The smallest absolute Gasteiger partial charge is 0.208 e. The molecule has 1 N–H and O–H groups in total. The average molecular weight is 646 g/mol. The van der Waals surface area contributed by atoms with E-state index in [1.807, 2.05) is 41.2 Å². The van der Waals surface area contributed by atoms with E-state index in [0.29, 0.717) is 17.6 Å². The van der Waals surface area contributed by atoms with Gasteiger partial charge in [0.25, 0.3) is 0 Å². The van der Waals surface area contributed by atoms with Gasteiger partial charge in [0.05, 0.1) is 34.2 Å². The molecule has 8 rings (SSSR count). The standard InChI is InChI=1S/C35H39N11S/c1-23(2)40-30-16-31(32-9-8-26-15-25(17-36)18-39-46(26)32)38-19-29(30)34-41-42-35(47-34)44-21-27-6-7-28(22-44)45(27)20-24-10-13-43(14-11-24)33-5-3-4-12-37-33/h3-5,8-9,12,15-16,18-19,23-24,27-28H,6-7,10-11,13-14,20-22H2,1-2H3,(H,38,40).